The Labute approximate surface area is 153 Å². The van der Waals surface area contributed by atoms with Crippen molar-refractivity contribution in [2.24, 2.45) is 5.73 Å². The van der Waals surface area contributed by atoms with E-state index in [2.05, 4.69) is 0 Å². The molecule has 0 radical (unpaired) electrons. The molecule has 1 aromatic rings. The van der Waals surface area contributed by atoms with Gasteiger partial charge in [-0.2, -0.15) is 0 Å². The first-order valence-corrected chi connectivity index (χ1v) is 9.01. The van der Waals surface area contributed by atoms with Crippen molar-refractivity contribution >= 4 is 17.8 Å². The number of amides is 2. The Hall–Kier alpha value is -2.41. The summed E-state index contributed by atoms with van der Waals surface area (Å²) >= 11 is 0. The zero-order valence-electron chi connectivity index (χ0n) is 15.0. The fourth-order valence-electron chi connectivity index (χ4n) is 3.75. The first kappa shape index (κ1) is 18.4. The third-order valence-electron chi connectivity index (χ3n) is 5.16. The smallest absolute Gasteiger partial charge is 0.329 e. The fraction of sp³-hybridized carbons (Fsp3) is 0.526. The van der Waals surface area contributed by atoms with Gasteiger partial charge in [0, 0.05) is 26.1 Å². The van der Waals surface area contributed by atoms with E-state index in [1.807, 2.05) is 30.3 Å². The summed E-state index contributed by atoms with van der Waals surface area (Å²) < 4.78 is 5.44. The molecule has 2 heterocycles. The molecule has 2 amide bonds. The van der Waals surface area contributed by atoms with Crippen LogP contribution < -0.4 is 5.73 Å². The first-order chi connectivity index (χ1) is 12.5. The molecule has 0 aromatic heterocycles. The molecule has 26 heavy (non-hydrogen) atoms. The van der Waals surface area contributed by atoms with Crippen LogP contribution in [-0.2, 0) is 25.7 Å². The summed E-state index contributed by atoms with van der Waals surface area (Å²) in [5, 5.41) is 0. The minimum Gasteiger partial charge on any atom is -0.459 e. The zero-order chi connectivity index (χ0) is 18.7. The standard InChI is InChI=1S/C19H25N3O4/c1-13(23)21-10-9-15-7-8-17(22(15)18(24)16(20)11-21)19(25)26-12-14-5-3-2-4-6-14/h2-6,15-17H,7-12,20H2,1H3/t15-,16-,17-/m1/s1. The summed E-state index contributed by atoms with van der Waals surface area (Å²) in [5.74, 6) is -0.750. The summed E-state index contributed by atoms with van der Waals surface area (Å²) in [6.07, 6.45) is 1.94. The van der Waals surface area contributed by atoms with Gasteiger partial charge in [-0.25, -0.2) is 4.79 Å². The Balaban J connectivity index is 1.68. The van der Waals surface area contributed by atoms with Crippen molar-refractivity contribution in [1.82, 2.24) is 9.80 Å². The SMILES string of the molecule is CC(=O)N1CC[C@H]2CC[C@H](C(=O)OCc3ccccc3)N2C(=O)[C@H](N)C1. The molecule has 3 rings (SSSR count). The van der Waals surface area contributed by atoms with Gasteiger partial charge >= 0.3 is 5.97 Å². The summed E-state index contributed by atoms with van der Waals surface area (Å²) in [4.78, 5) is 40.3. The Morgan fingerprint density at radius 1 is 1.19 bits per heavy atom. The average Bonchev–Trinajstić information content (AvgIpc) is 3.05. The molecule has 0 bridgehead atoms. The number of hydrogen-bond donors (Lipinski definition) is 1. The highest BCUT2D eigenvalue weighted by Gasteiger charge is 2.44. The van der Waals surface area contributed by atoms with Crippen molar-refractivity contribution in [2.75, 3.05) is 13.1 Å². The van der Waals surface area contributed by atoms with Gasteiger partial charge in [-0.3, -0.25) is 9.59 Å². The van der Waals surface area contributed by atoms with E-state index in [4.69, 9.17) is 10.5 Å². The van der Waals surface area contributed by atoms with Crippen LogP contribution in [0.25, 0.3) is 0 Å². The third kappa shape index (κ3) is 3.88. The minimum atomic E-state index is -0.816. The van der Waals surface area contributed by atoms with Gasteiger partial charge in [0.25, 0.3) is 0 Å². The van der Waals surface area contributed by atoms with Crippen LogP contribution in [0.1, 0.15) is 31.7 Å². The molecule has 0 aliphatic carbocycles. The van der Waals surface area contributed by atoms with Gasteiger partial charge in [0.05, 0.1) is 0 Å². The van der Waals surface area contributed by atoms with E-state index in [1.54, 1.807) is 9.80 Å². The molecule has 0 spiro atoms. The predicted molar refractivity (Wildman–Crippen MR) is 94.7 cm³/mol. The van der Waals surface area contributed by atoms with E-state index >= 15 is 0 Å². The summed E-state index contributed by atoms with van der Waals surface area (Å²) in [6.45, 7) is 2.40. The second-order valence-electron chi connectivity index (χ2n) is 6.95. The lowest BCUT2D eigenvalue weighted by atomic mass is 10.1. The number of rotatable bonds is 3. The quantitative estimate of drug-likeness (QED) is 0.801. The van der Waals surface area contributed by atoms with E-state index in [9.17, 15) is 14.4 Å². The summed E-state index contributed by atoms with van der Waals surface area (Å²) in [7, 11) is 0. The average molecular weight is 359 g/mol. The minimum absolute atomic E-state index is 0.0787. The van der Waals surface area contributed by atoms with Gasteiger partial charge in [-0.1, -0.05) is 30.3 Å². The molecule has 140 valence electrons. The number of nitrogens with two attached hydrogens (primary N) is 1. The number of carbonyl (C=O) groups is 3. The number of ether oxygens (including phenoxy) is 1. The molecular formula is C19H25N3O4. The Morgan fingerprint density at radius 3 is 2.62 bits per heavy atom. The van der Waals surface area contributed by atoms with E-state index in [0.717, 1.165) is 12.0 Å². The molecule has 2 N–H and O–H groups in total. The third-order valence-corrected chi connectivity index (χ3v) is 5.16. The van der Waals surface area contributed by atoms with Crippen LogP contribution in [-0.4, -0.2) is 58.8 Å². The number of benzene rings is 1. The van der Waals surface area contributed by atoms with Crippen LogP contribution in [0.15, 0.2) is 30.3 Å². The molecule has 1 aromatic carbocycles. The molecule has 0 unspecified atom stereocenters. The van der Waals surface area contributed by atoms with E-state index in [-0.39, 0.29) is 37.0 Å². The second-order valence-corrected chi connectivity index (χ2v) is 6.95. The number of fused-ring (bicyclic) bond motifs is 1. The monoisotopic (exact) mass is 359 g/mol. The highest BCUT2D eigenvalue weighted by molar-refractivity contribution is 5.89. The molecule has 7 nitrogen and oxygen atoms in total. The van der Waals surface area contributed by atoms with Crippen LogP contribution in [0.4, 0.5) is 0 Å². The molecule has 2 aliphatic rings. The number of nitrogens with zero attached hydrogens (tertiary/aromatic N) is 2. The first-order valence-electron chi connectivity index (χ1n) is 9.01. The number of esters is 1. The molecule has 7 heteroatoms. The largest absolute Gasteiger partial charge is 0.459 e. The van der Waals surface area contributed by atoms with E-state index < -0.39 is 12.1 Å². The van der Waals surface area contributed by atoms with Crippen molar-refractivity contribution in [2.45, 2.75) is 50.9 Å². The molecule has 0 saturated carbocycles. The van der Waals surface area contributed by atoms with Gasteiger partial charge in [0.1, 0.15) is 18.7 Å². The van der Waals surface area contributed by atoms with Crippen molar-refractivity contribution in [3.8, 4) is 0 Å². The lowest BCUT2D eigenvalue weighted by Crippen LogP contribution is -2.58. The van der Waals surface area contributed by atoms with E-state index in [0.29, 0.717) is 19.4 Å². The Morgan fingerprint density at radius 2 is 1.92 bits per heavy atom. The maximum absolute atomic E-state index is 12.8. The second kappa shape index (κ2) is 7.86. The lowest BCUT2D eigenvalue weighted by molar-refractivity contribution is -0.157. The van der Waals surface area contributed by atoms with Gasteiger partial charge in [-0.15, -0.1) is 0 Å². The zero-order valence-corrected chi connectivity index (χ0v) is 15.0. The topological polar surface area (TPSA) is 92.9 Å². The maximum atomic E-state index is 12.8. The van der Waals surface area contributed by atoms with Gasteiger partial charge in [0.2, 0.25) is 11.8 Å². The molecular weight excluding hydrogens is 334 g/mol. The molecule has 2 fully saturated rings. The van der Waals surface area contributed by atoms with Crippen LogP contribution in [0.2, 0.25) is 0 Å². The molecule has 3 atom stereocenters. The predicted octanol–water partition coefficient (Wildman–Crippen LogP) is 0.669. The van der Waals surface area contributed by atoms with Crippen LogP contribution in [0, 0.1) is 0 Å². The van der Waals surface area contributed by atoms with Crippen molar-refractivity contribution in [1.29, 1.82) is 0 Å². The fourth-order valence-corrected chi connectivity index (χ4v) is 3.75. The Bertz CT molecular complexity index is 679. The van der Waals surface area contributed by atoms with Gasteiger partial charge in [-0.05, 0) is 24.8 Å². The van der Waals surface area contributed by atoms with Gasteiger partial charge in [0.15, 0.2) is 0 Å². The maximum Gasteiger partial charge on any atom is 0.329 e. The molecule has 2 saturated heterocycles. The van der Waals surface area contributed by atoms with Crippen LogP contribution in [0.3, 0.4) is 0 Å². The summed E-state index contributed by atoms with van der Waals surface area (Å²) in [5.41, 5.74) is 6.93. The number of hydrogen-bond acceptors (Lipinski definition) is 5. The van der Waals surface area contributed by atoms with Crippen molar-refractivity contribution < 1.29 is 19.1 Å². The molecule has 2 aliphatic heterocycles. The van der Waals surface area contributed by atoms with E-state index in [1.165, 1.54) is 6.92 Å². The number of carbonyl (C=O) groups excluding carboxylic acids is 3. The van der Waals surface area contributed by atoms with Gasteiger partial charge < -0.3 is 20.3 Å². The highest BCUT2D eigenvalue weighted by atomic mass is 16.5. The van der Waals surface area contributed by atoms with Crippen LogP contribution in [0.5, 0.6) is 0 Å². The lowest BCUT2D eigenvalue weighted by Gasteiger charge is -2.36. The normalized spacial score (nSPS) is 26.1. The highest BCUT2D eigenvalue weighted by Crippen LogP contribution is 2.29. The van der Waals surface area contributed by atoms with Crippen LogP contribution >= 0.6 is 0 Å². The Kier molecular flexibility index (Phi) is 5.56. The van der Waals surface area contributed by atoms with Crippen molar-refractivity contribution in [3.05, 3.63) is 35.9 Å². The van der Waals surface area contributed by atoms with Crippen molar-refractivity contribution in [3.63, 3.8) is 0 Å². The summed E-state index contributed by atoms with van der Waals surface area (Å²) in [6, 6.07) is 7.96.